The number of nitrogens with zero attached hydrogens (tertiary/aromatic N) is 3. The molecule has 0 aromatic carbocycles. The van der Waals surface area contributed by atoms with Crippen molar-refractivity contribution in [3.63, 3.8) is 0 Å². The highest BCUT2D eigenvalue weighted by Crippen LogP contribution is 2.39. The number of amides is 5. The SMILES string of the molecule is CN(C(=O)[C@H](CC1CC1)NC(=O)OC(C)(C)C)[C@@H](CC1CC1)C(=O)N1C[C@@]2(C[C@H]1C(N)=O)Oc1cccnc1CNC2=O. The van der Waals surface area contributed by atoms with Gasteiger partial charge in [-0.1, -0.05) is 25.7 Å². The third kappa shape index (κ3) is 7.02. The van der Waals surface area contributed by atoms with Crippen LogP contribution in [0.5, 0.6) is 5.75 Å². The molecule has 2 saturated carbocycles. The first kappa shape index (κ1) is 30.6. The topological polar surface area (TPSA) is 173 Å². The summed E-state index contributed by atoms with van der Waals surface area (Å²) in [6.07, 6.45) is 5.35. The number of carbonyl (C=O) groups excluding carboxylic acids is 5. The van der Waals surface area contributed by atoms with Crippen LogP contribution < -0.4 is 21.1 Å². The molecule has 43 heavy (non-hydrogen) atoms. The summed E-state index contributed by atoms with van der Waals surface area (Å²) >= 11 is 0. The normalized spacial score (nSPS) is 24.6. The Morgan fingerprint density at radius 1 is 1.21 bits per heavy atom. The van der Waals surface area contributed by atoms with E-state index in [-0.39, 0.29) is 25.4 Å². The van der Waals surface area contributed by atoms with Crippen LogP contribution >= 0.6 is 0 Å². The minimum absolute atomic E-state index is 0.132. The quantitative estimate of drug-likeness (QED) is 0.381. The second kappa shape index (κ2) is 11.6. The lowest BCUT2D eigenvalue weighted by Gasteiger charge is -2.35. The van der Waals surface area contributed by atoms with E-state index in [1.807, 2.05) is 0 Å². The van der Waals surface area contributed by atoms with Crippen molar-refractivity contribution in [3.05, 3.63) is 24.0 Å². The fourth-order valence-corrected chi connectivity index (χ4v) is 5.87. The van der Waals surface area contributed by atoms with E-state index < -0.39 is 59.0 Å². The number of carbonyl (C=O) groups is 5. The summed E-state index contributed by atoms with van der Waals surface area (Å²) in [7, 11) is 1.55. The van der Waals surface area contributed by atoms with Gasteiger partial charge in [0.15, 0.2) is 0 Å². The first-order chi connectivity index (χ1) is 20.3. The van der Waals surface area contributed by atoms with Gasteiger partial charge in [0.1, 0.15) is 35.2 Å². The monoisotopic (exact) mass is 598 g/mol. The van der Waals surface area contributed by atoms with Crippen LogP contribution in [-0.4, -0.2) is 87.4 Å². The summed E-state index contributed by atoms with van der Waals surface area (Å²) in [4.78, 5) is 73.9. The molecule has 1 spiro atoms. The highest BCUT2D eigenvalue weighted by atomic mass is 16.6. The number of pyridine rings is 1. The van der Waals surface area contributed by atoms with E-state index in [9.17, 15) is 24.0 Å². The number of alkyl carbamates (subject to hydrolysis) is 1. The molecule has 4 atom stereocenters. The summed E-state index contributed by atoms with van der Waals surface area (Å²) in [5.41, 5.74) is 4.02. The largest absolute Gasteiger partial charge is 0.473 e. The van der Waals surface area contributed by atoms with Crippen molar-refractivity contribution in [3.8, 4) is 5.75 Å². The van der Waals surface area contributed by atoms with Crippen molar-refractivity contribution in [1.82, 2.24) is 25.4 Å². The van der Waals surface area contributed by atoms with E-state index >= 15 is 0 Å². The molecule has 13 nitrogen and oxygen atoms in total. The van der Waals surface area contributed by atoms with Gasteiger partial charge in [-0.05, 0) is 57.6 Å². The lowest BCUT2D eigenvalue weighted by molar-refractivity contribution is -0.149. The van der Waals surface area contributed by atoms with E-state index in [2.05, 4.69) is 15.6 Å². The molecule has 3 fully saturated rings. The van der Waals surface area contributed by atoms with Gasteiger partial charge in [-0.15, -0.1) is 0 Å². The highest BCUT2D eigenvalue weighted by Gasteiger charge is 2.57. The molecule has 4 aliphatic rings. The van der Waals surface area contributed by atoms with Crippen molar-refractivity contribution < 1.29 is 33.4 Å². The van der Waals surface area contributed by atoms with Crippen molar-refractivity contribution in [2.24, 2.45) is 17.6 Å². The lowest BCUT2D eigenvalue weighted by atomic mass is 9.98. The number of fused-ring (bicyclic) bond motifs is 1. The van der Waals surface area contributed by atoms with Crippen LogP contribution in [0.3, 0.4) is 0 Å². The molecule has 13 heteroatoms. The van der Waals surface area contributed by atoms with Gasteiger partial charge in [0.2, 0.25) is 23.3 Å². The van der Waals surface area contributed by atoms with Crippen molar-refractivity contribution in [2.45, 2.75) is 102 Å². The smallest absolute Gasteiger partial charge is 0.408 e. The minimum Gasteiger partial charge on any atom is -0.473 e. The molecule has 0 bridgehead atoms. The fraction of sp³-hybridized carbons (Fsp3) is 0.667. The summed E-state index contributed by atoms with van der Waals surface area (Å²) in [6, 6.07) is 0.444. The van der Waals surface area contributed by atoms with Crippen LogP contribution in [-0.2, 0) is 30.5 Å². The van der Waals surface area contributed by atoms with Crippen molar-refractivity contribution >= 4 is 29.7 Å². The Hall–Kier alpha value is -3.90. The minimum atomic E-state index is -1.55. The Labute approximate surface area is 251 Å². The molecule has 1 aromatic rings. The van der Waals surface area contributed by atoms with Crippen LogP contribution in [0.4, 0.5) is 4.79 Å². The van der Waals surface area contributed by atoms with Crippen LogP contribution in [0.25, 0.3) is 0 Å². The molecule has 234 valence electrons. The molecule has 0 unspecified atom stereocenters. The molecular formula is C30H42N6O7. The fourth-order valence-electron chi connectivity index (χ4n) is 5.87. The van der Waals surface area contributed by atoms with Crippen LogP contribution in [0, 0.1) is 11.8 Å². The van der Waals surface area contributed by atoms with Gasteiger partial charge in [-0.25, -0.2) is 4.79 Å². The predicted octanol–water partition coefficient (Wildman–Crippen LogP) is 1.24. The molecule has 1 saturated heterocycles. The zero-order chi connectivity index (χ0) is 31.1. The molecule has 5 rings (SSSR count). The maximum Gasteiger partial charge on any atom is 0.408 e. The van der Waals surface area contributed by atoms with Crippen LogP contribution in [0.15, 0.2) is 18.3 Å². The predicted molar refractivity (Wildman–Crippen MR) is 153 cm³/mol. The van der Waals surface area contributed by atoms with Crippen LogP contribution in [0.2, 0.25) is 0 Å². The number of aromatic nitrogens is 1. The third-order valence-electron chi connectivity index (χ3n) is 8.53. The number of ether oxygens (including phenoxy) is 2. The van der Waals surface area contributed by atoms with Crippen LogP contribution in [0.1, 0.15) is 71.4 Å². The van der Waals surface area contributed by atoms with Gasteiger partial charge in [-0.2, -0.15) is 0 Å². The molecule has 3 heterocycles. The number of likely N-dealkylation sites (N-methyl/N-ethyl adjacent to an activating group) is 1. The zero-order valence-electron chi connectivity index (χ0n) is 25.3. The zero-order valence-corrected chi connectivity index (χ0v) is 25.3. The highest BCUT2D eigenvalue weighted by molar-refractivity contribution is 5.96. The van der Waals surface area contributed by atoms with Gasteiger partial charge >= 0.3 is 6.09 Å². The average Bonchev–Trinajstić information content (AvgIpc) is 3.87. The van der Waals surface area contributed by atoms with E-state index in [0.717, 1.165) is 25.7 Å². The second-order valence-electron chi connectivity index (χ2n) is 13.3. The van der Waals surface area contributed by atoms with Gasteiger partial charge < -0.3 is 35.6 Å². The Bertz CT molecular complexity index is 1290. The van der Waals surface area contributed by atoms with Gasteiger partial charge in [0.05, 0.1) is 13.1 Å². The first-order valence-corrected chi connectivity index (χ1v) is 15.0. The lowest BCUT2D eigenvalue weighted by Crippen LogP contribution is -2.58. The number of nitrogens with two attached hydrogens (primary N) is 1. The van der Waals surface area contributed by atoms with Gasteiger partial charge in [0.25, 0.3) is 5.91 Å². The summed E-state index contributed by atoms with van der Waals surface area (Å²) in [5, 5.41) is 5.53. The standard InChI is InChI=1S/C30H42N6O7/c1-29(2,3)43-28(41)34-19(12-17-7-8-17)25(38)35(4)21(13-18-9-10-18)26(39)36-16-30(14-22(36)24(31)37)27(40)33-15-20-23(42-30)6-5-11-32-20/h5-6,11,17-19,21-22H,7-10,12-16H2,1-4H3,(H2,31,37)(H,33,40)(H,34,41)/t19-,21-,22-,30+/m0/s1. The Balaban J connectivity index is 1.39. The molecular weight excluding hydrogens is 556 g/mol. The number of likely N-dealkylation sites (tertiary alicyclic amines) is 1. The van der Waals surface area contributed by atoms with Crippen molar-refractivity contribution in [1.29, 1.82) is 0 Å². The first-order valence-electron chi connectivity index (χ1n) is 15.0. The average molecular weight is 599 g/mol. The number of rotatable bonds is 9. The van der Waals surface area contributed by atoms with E-state index in [1.54, 1.807) is 46.1 Å². The second-order valence-corrected chi connectivity index (χ2v) is 13.3. The number of hydrogen-bond acceptors (Lipinski definition) is 8. The molecule has 4 N–H and O–H groups in total. The molecule has 1 aromatic heterocycles. The molecule has 2 aliphatic heterocycles. The Morgan fingerprint density at radius 2 is 1.88 bits per heavy atom. The number of nitrogens with one attached hydrogen (secondary N) is 2. The third-order valence-corrected chi connectivity index (χ3v) is 8.53. The van der Waals surface area contributed by atoms with Crippen molar-refractivity contribution in [2.75, 3.05) is 13.6 Å². The number of hydrogen-bond donors (Lipinski definition) is 3. The van der Waals surface area contributed by atoms with E-state index in [0.29, 0.717) is 30.2 Å². The molecule has 0 radical (unpaired) electrons. The van der Waals surface area contributed by atoms with Gasteiger partial charge in [0, 0.05) is 19.7 Å². The number of primary amides is 1. The summed E-state index contributed by atoms with van der Waals surface area (Å²) in [5.74, 6) is -1.21. The maximum absolute atomic E-state index is 14.3. The molecule has 2 aliphatic carbocycles. The van der Waals surface area contributed by atoms with E-state index in [4.69, 9.17) is 15.2 Å². The molecule has 5 amide bonds. The maximum atomic E-state index is 14.3. The Kier molecular flexibility index (Phi) is 8.28. The Morgan fingerprint density at radius 3 is 2.51 bits per heavy atom. The van der Waals surface area contributed by atoms with Gasteiger partial charge in [-0.3, -0.25) is 24.2 Å². The summed E-state index contributed by atoms with van der Waals surface area (Å²) < 4.78 is 11.6. The summed E-state index contributed by atoms with van der Waals surface area (Å²) in [6.45, 7) is 5.15. The van der Waals surface area contributed by atoms with E-state index in [1.165, 1.54) is 9.80 Å².